The molecule has 0 N–H and O–H groups in total. The van der Waals surface area contributed by atoms with Gasteiger partial charge in [-0.15, -0.1) is 0 Å². The maximum atomic E-state index is 11.4. The highest BCUT2D eigenvalue weighted by Gasteiger charge is 2.39. The van der Waals surface area contributed by atoms with E-state index >= 15 is 0 Å². The number of hydrogen-bond donors (Lipinski definition) is 0. The lowest BCUT2D eigenvalue weighted by Crippen LogP contribution is -2.39. The summed E-state index contributed by atoms with van der Waals surface area (Å²) in [6.45, 7) is 4.27. The number of methoxy groups -OCH3 is 1. The lowest BCUT2D eigenvalue weighted by atomic mass is 9.81. The molecule has 2 atom stereocenters. The molecule has 0 aromatic rings. The van der Waals surface area contributed by atoms with E-state index in [0.29, 0.717) is 0 Å². The summed E-state index contributed by atoms with van der Waals surface area (Å²) >= 11 is 0. The molecule has 1 aliphatic carbocycles. The molecule has 2 nitrogen and oxygen atoms in total. The van der Waals surface area contributed by atoms with Crippen LogP contribution in [0.15, 0.2) is 23.8 Å². The maximum absolute atomic E-state index is 11.4. The largest absolute Gasteiger partial charge is 0.369 e. The summed E-state index contributed by atoms with van der Waals surface area (Å²) in [5.41, 5.74) is 0.656. The molecular formula is C17H28O2. The van der Waals surface area contributed by atoms with Crippen molar-refractivity contribution < 1.29 is 9.53 Å². The van der Waals surface area contributed by atoms with Crippen molar-refractivity contribution in [2.45, 2.75) is 64.4 Å². The summed E-state index contributed by atoms with van der Waals surface area (Å²) in [6.07, 6.45) is 15.6. The van der Waals surface area contributed by atoms with Gasteiger partial charge in [-0.3, -0.25) is 0 Å². The Morgan fingerprint density at radius 1 is 1.26 bits per heavy atom. The van der Waals surface area contributed by atoms with Crippen LogP contribution < -0.4 is 0 Å². The highest BCUT2D eigenvalue weighted by atomic mass is 16.5. The Hall–Kier alpha value is -0.890. The van der Waals surface area contributed by atoms with Gasteiger partial charge in [0.2, 0.25) is 0 Å². The highest BCUT2D eigenvalue weighted by Crippen LogP contribution is 2.36. The number of aldehydes is 1. The Morgan fingerprint density at radius 2 is 1.95 bits per heavy atom. The summed E-state index contributed by atoms with van der Waals surface area (Å²) in [7, 11) is 1.70. The van der Waals surface area contributed by atoms with E-state index in [9.17, 15) is 4.79 Å². The Kier molecular flexibility index (Phi) is 7.07. The molecule has 108 valence electrons. The number of carbonyl (C=O) groups excluding carboxylic acids is 1. The van der Waals surface area contributed by atoms with Crippen LogP contribution in [0.2, 0.25) is 0 Å². The van der Waals surface area contributed by atoms with Crippen molar-refractivity contribution in [3.05, 3.63) is 23.8 Å². The van der Waals surface area contributed by atoms with E-state index in [2.05, 4.69) is 6.92 Å². The SMILES string of the molecule is CCCCCCCCC(C=O)C1(OC)C=CC=C1C. The fourth-order valence-electron chi connectivity index (χ4n) is 2.92. The molecule has 0 spiro atoms. The Bertz CT molecular complexity index is 330. The van der Waals surface area contributed by atoms with Crippen LogP contribution in [-0.4, -0.2) is 19.0 Å². The van der Waals surface area contributed by atoms with Gasteiger partial charge in [0.15, 0.2) is 0 Å². The number of rotatable bonds is 10. The molecule has 2 unspecified atom stereocenters. The zero-order valence-electron chi connectivity index (χ0n) is 12.7. The predicted molar refractivity (Wildman–Crippen MR) is 80.2 cm³/mol. The normalized spacial score (nSPS) is 23.4. The van der Waals surface area contributed by atoms with Gasteiger partial charge in [0.05, 0.1) is 5.92 Å². The quantitative estimate of drug-likeness (QED) is 0.430. The van der Waals surface area contributed by atoms with Crippen molar-refractivity contribution in [1.82, 2.24) is 0 Å². The standard InChI is InChI=1S/C17H28O2/c1-4-5-6-7-8-9-12-16(14-18)17(19-3)13-10-11-15(17)2/h10-11,13-14,16H,4-9,12H2,1-3H3. The van der Waals surface area contributed by atoms with Gasteiger partial charge in [-0.1, -0.05) is 57.6 Å². The Labute approximate surface area is 117 Å². The maximum Gasteiger partial charge on any atom is 0.126 e. The molecule has 0 saturated heterocycles. The van der Waals surface area contributed by atoms with Crippen LogP contribution in [0, 0.1) is 5.92 Å². The summed E-state index contributed by atoms with van der Waals surface area (Å²) in [5.74, 6) is -0.0568. The van der Waals surface area contributed by atoms with Gasteiger partial charge in [0, 0.05) is 7.11 Å². The molecule has 0 fully saturated rings. The smallest absolute Gasteiger partial charge is 0.126 e. The van der Waals surface area contributed by atoms with Gasteiger partial charge < -0.3 is 9.53 Å². The van der Waals surface area contributed by atoms with Crippen molar-refractivity contribution in [2.24, 2.45) is 5.92 Å². The first-order valence-corrected chi connectivity index (χ1v) is 7.58. The number of carbonyl (C=O) groups is 1. The molecule has 0 saturated carbocycles. The van der Waals surface area contributed by atoms with Crippen LogP contribution >= 0.6 is 0 Å². The molecular weight excluding hydrogens is 236 g/mol. The fraction of sp³-hybridized carbons (Fsp3) is 0.706. The number of unbranched alkanes of at least 4 members (excludes halogenated alkanes) is 5. The number of hydrogen-bond acceptors (Lipinski definition) is 2. The second kappa shape index (κ2) is 8.31. The minimum Gasteiger partial charge on any atom is -0.369 e. The summed E-state index contributed by atoms with van der Waals surface area (Å²) in [6, 6.07) is 0. The van der Waals surface area contributed by atoms with Crippen molar-refractivity contribution in [2.75, 3.05) is 7.11 Å². The van der Waals surface area contributed by atoms with Crippen LogP contribution in [0.3, 0.4) is 0 Å². The zero-order chi connectivity index (χ0) is 14.1. The van der Waals surface area contributed by atoms with Crippen LogP contribution in [0.4, 0.5) is 0 Å². The van der Waals surface area contributed by atoms with Gasteiger partial charge in [0.25, 0.3) is 0 Å². The number of allylic oxidation sites excluding steroid dienone is 2. The molecule has 0 bridgehead atoms. The monoisotopic (exact) mass is 264 g/mol. The second-order valence-corrected chi connectivity index (χ2v) is 5.51. The molecule has 19 heavy (non-hydrogen) atoms. The third-order valence-corrected chi connectivity index (χ3v) is 4.23. The summed E-state index contributed by atoms with van der Waals surface area (Å²) in [5, 5.41) is 0. The topological polar surface area (TPSA) is 26.3 Å². The minimum atomic E-state index is -0.481. The van der Waals surface area contributed by atoms with E-state index in [1.165, 1.54) is 32.1 Å². The molecule has 0 radical (unpaired) electrons. The Morgan fingerprint density at radius 3 is 2.47 bits per heavy atom. The average Bonchev–Trinajstić information content (AvgIpc) is 2.80. The first-order valence-electron chi connectivity index (χ1n) is 7.58. The highest BCUT2D eigenvalue weighted by molar-refractivity contribution is 5.60. The van der Waals surface area contributed by atoms with E-state index < -0.39 is 5.60 Å². The molecule has 2 heteroatoms. The average molecular weight is 264 g/mol. The van der Waals surface area contributed by atoms with Gasteiger partial charge in [-0.2, -0.15) is 0 Å². The molecule has 0 heterocycles. The lowest BCUT2D eigenvalue weighted by Gasteiger charge is -2.33. The van der Waals surface area contributed by atoms with Gasteiger partial charge in [-0.25, -0.2) is 0 Å². The number of ether oxygens (including phenoxy) is 1. The van der Waals surface area contributed by atoms with Crippen molar-refractivity contribution in [3.63, 3.8) is 0 Å². The van der Waals surface area contributed by atoms with Crippen molar-refractivity contribution in [3.8, 4) is 0 Å². The Balaban J connectivity index is 2.43. The van der Waals surface area contributed by atoms with Gasteiger partial charge in [-0.05, 0) is 25.0 Å². The molecule has 0 amide bonds. The third-order valence-electron chi connectivity index (χ3n) is 4.23. The molecule has 0 aliphatic heterocycles. The minimum absolute atomic E-state index is 0.0568. The molecule has 1 aliphatic rings. The van der Waals surface area contributed by atoms with Crippen molar-refractivity contribution >= 4 is 6.29 Å². The van der Waals surface area contributed by atoms with Crippen LogP contribution in [0.25, 0.3) is 0 Å². The van der Waals surface area contributed by atoms with E-state index in [4.69, 9.17) is 4.74 Å². The third kappa shape index (κ3) is 4.04. The summed E-state index contributed by atoms with van der Waals surface area (Å²) in [4.78, 5) is 11.4. The van der Waals surface area contributed by atoms with Gasteiger partial charge in [0.1, 0.15) is 11.9 Å². The van der Waals surface area contributed by atoms with E-state index in [1.54, 1.807) is 7.11 Å². The van der Waals surface area contributed by atoms with E-state index in [-0.39, 0.29) is 5.92 Å². The molecule has 0 aromatic heterocycles. The predicted octanol–water partition coefficient (Wildman–Crippen LogP) is 4.45. The fourth-order valence-corrected chi connectivity index (χ4v) is 2.92. The first-order chi connectivity index (χ1) is 9.21. The molecule has 0 aromatic carbocycles. The lowest BCUT2D eigenvalue weighted by molar-refractivity contribution is -0.117. The van der Waals surface area contributed by atoms with Gasteiger partial charge >= 0.3 is 0 Å². The van der Waals surface area contributed by atoms with Crippen molar-refractivity contribution in [1.29, 1.82) is 0 Å². The zero-order valence-corrected chi connectivity index (χ0v) is 12.7. The second-order valence-electron chi connectivity index (χ2n) is 5.51. The first kappa shape index (κ1) is 16.2. The van der Waals surface area contributed by atoms with Crippen LogP contribution in [0.1, 0.15) is 58.8 Å². The molecule has 1 rings (SSSR count). The summed E-state index contributed by atoms with van der Waals surface area (Å²) < 4.78 is 5.67. The van der Waals surface area contributed by atoms with Crippen LogP contribution in [0.5, 0.6) is 0 Å². The van der Waals surface area contributed by atoms with E-state index in [0.717, 1.165) is 24.7 Å². The van der Waals surface area contributed by atoms with Crippen LogP contribution in [-0.2, 0) is 9.53 Å². The van der Waals surface area contributed by atoms with E-state index in [1.807, 2.05) is 25.2 Å².